The number of ether oxygens (including phenoxy) is 1. The molecule has 1 aliphatic heterocycles. The first-order valence-corrected chi connectivity index (χ1v) is 11.9. The summed E-state index contributed by atoms with van der Waals surface area (Å²) in [6, 6.07) is 7.72. The molecule has 0 aliphatic carbocycles. The van der Waals surface area contributed by atoms with E-state index in [4.69, 9.17) is 4.74 Å². The molecule has 9 nitrogen and oxygen atoms in total. The maximum atomic E-state index is 12.1. The Bertz CT molecular complexity index is 845. The zero-order valence-corrected chi connectivity index (χ0v) is 17.6. The lowest BCUT2D eigenvalue weighted by atomic mass is 10.0. The van der Waals surface area contributed by atoms with Crippen LogP contribution in [0.2, 0.25) is 0 Å². The van der Waals surface area contributed by atoms with Gasteiger partial charge in [-0.2, -0.15) is 0 Å². The van der Waals surface area contributed by atoms with Crippen molar-refractivity contribution >= 4 is 39.6 Å². The second-order valence-corrected chi connectivity index (χ2v) is 10.3. The third-order valence-electron chi connectivity index (χ3n) is 4.27. The standard InChI is InChI=1S/C18H24N2O7S2/c1-18(7-8-29(25,26)12-18)20-15(21)11-28-10-14(16(22)23)19-17(24)27-9-13-5-3-2-4-6-13/h2-6,14H,7-12H2,1H3,(H,19,24)(H,20,21)(H,22,23). The summed E-state index contributed by atoms with van der Waals surface area (Å²) in [5, 5.41) is 14.2. The van der Waals surface area contributed by atoms with Crippen LogP contribution in [0.4, 0.5) is 4.79 Å². The fourth-order valence-electron chi connectivity index (χ4n) is 2.83. The molecule has 0 saturated carbocycles. The van der Waals surface area contributed by atoms with Crippen LogP contribution in [-0.4, -0.2) is 66.1 Å². The van der Waals surface area contributed by atoms with Gasteiger partial charge >= 0.3 is 12.1 Å². The fourth-order valence-corrected chi connectivity index (χ4v) is 5.76. The van der Waals surface area contributed by atoms with Gasteiger partial charge in [0.15, 0.2) is 9.84 Å². The zero-order valence-electron chi connectivity index (χ0n) is 15.9. The molecule has 1 fully saturated rings. The molecule has 11 heteroatoms. The molecule has 29 heavy (non-hydrogen) atoms. The Kier molecular flexibility index (Phi) is 7.91. The first kappa shape index (κ1) is 23.0. The number of carboxylic acid groups (broad SMARTS) is 1. The van der Waals surface area contributed by atoms with Crippen molar-refractivity contribution in [2.45, 2.75) is 31.5 Å². The average Bonchev–Trinajstić information content (AvgIpc) is 2.92. The summed E-state index contributed by atoms with van der Waals surface area (Å²) in [6.07, 6.45) is -0.520. The number of thioether (sulfide) groups is 1. The molecule has 1 heterocycles. The van der Waals surface area contributed by atoms with Crippen LogP contribution in [0.5, 0.6) is 0 Å². The number of alkyl carbamates (subject to hydrolysis) is 1. The second-order valence-electron chi connectivity index (χ2n) is 7.06. The highest BCUT2D eigenvalue weighted by Crippen LogP contribution is 2.23. The number of rotatable bonds is 9. The van der Waals surface area contributed by atoms with Gasteiger partial charge in [0.1, 0.15) is 12.6 Å². The molecule has 0 bridgehead atoms. The van der Waals surface area contributed by atoms with E-state index in [1.807, 2.05) is 6.07 Å². The van der Waals surface area contributed by atoms with Crippen molar-refractivity contribution in [3.63, 3.8) is 0 Å². The van der Waals surface area contributed by atoms with Gasteiger partial charge in [-0.25, -0.2) is 18.0 Å². The van der Waals surface area contributed by atoms with Gasteiger partial charge in [0.25, 0.3) is 0 Å². The van der Waals surface area contributed by atoms with Crippen LogP contribution in [0.1, 0.15) is 18.9 Å². The summed E-state index contributed by atoms with van der Waals surface area (Å²) < 4.78 is 28.2. The molecule has 1 aromatic rings. The van der Waals surface area contributed by atoms with E-state index in [9.17, 15) is 27.9 Å². The average molecular weight is 445 g/mol. The van der Waals surface area contributed by atoms with E-state index in [0.29, 0.717) is 6.42 Å². The quantitative estimate of drug-likeness (QED) is 0.508. The lowest BCUT2D eigenvalue weighted by molar-refractivity contribution is -0.138. The number of aliphatic carboxylic acids is 1. The molecule has 1 aliphatic rings. The third kappa shape index (κ3) is 7.94. The van der Waals surface area contributed by atoms with Crippen LogP contribution in [0.25, 0.3) is 0 Å². The molecular formula is C18H24N2O7S2. The van der Waals surface area contributed by atoms with Crippen LogP contribution < -0.4 is 10.6 Å². The number of carbonyl (C=O) groups excluding carboxylic acids is 2. The first-order valence-electron chi connectivity index (χ1n) is 8.88. The number of carbonyl (C=O) groups is 3. The monoisotopic (exact) mass is 444 g/mol. The highest BCUT2D eigenvalue weighted by Gasteiger charge is 2.39. The number of sulfone groups is 1. The van der Waals surface area contributed by atoms with E-state index in [1.165, 1.54) is 0 Å². The van der Waals surface area contributed by atoms with Crippen molar-refractivity contribution in [2.75, 3.05) is 23.0 Å². The molecule has 2 unspecified atom stereocenters. The molecule has 2 rings (SSSR count). The van der Waals surface area contributed by atoms with Crippen molar-refractivity contribution in [1.82, 2.24) is 10.6 Å². The molecule has 0 spiro atoms. The maximum Gasteiger partial charge on any atom is 0.408 e. The largest absolute Gasteiger partial charge is 0.480 e. The van der Waals surface area contributed by atoms with Crippen LogP contribution in [0.3, 0.4) is 0 Å². The van der Waals surface area contributed by atoms with Crippen molar-refractivity contribution in [1.29, 1.82) is 0 Å². The predicted octanol–water partition coefficient (Wildman–Crippen LogP) is 0.793. The van der Waals surface area contributed by atoms with E-state index in [2.05, 4.69) is 10.6 Å². The third-order valence-corrected chi connectivity index (χ3v) is 7.20. The summed E-state index contributed by atoms with van der Waals surface area (Å²) in [5.41, 5.74) is -0.0367. The van der Waals surface area contributed by atoms with Crippen molar-refractivity contribution in [2.24, 2.45) is 0 Å². The van der Waals surface area contributed by atoms with Gasteiger partial charge in [0.2, 0.25) is 5.91 Å². The minimum atomic E-state index is -3.14. The van der Waals surface area contributed by atoms with E-state index < -0.39 is 33.5 Å². The SMILES string of the molecule is CC1(NC(=O)CSCC(NC(=O)OCc2ccccc2)C(=O)O)CCS(=O)(=O)C1. The zero-order chi connectivity index (χ0) is 21.5. The minimum Gasteiger partial charge on any atom is -0.480 e. The topological polar surface area (TPSA) is 139 Å². The number of carboxylic acids is 1. The second kappa shape index (κ2) is 9.97. The summed E-state index contributed by atoms with van der Waals surface area (Å²) in [5.74, 6) is -1.80. The maximum absolute atomic E-state index is 12.1. The van der Waals surface area contributed by atoms with Crippen LogP contribution in [0, 0.1) is 0 Å². The lowest BCUT2D eigenvalue weighted by Gasteiger charge is -2.23. The minimum absolute atomic E-state index is 0.00997. The van der Waals surface area contributed by atoms with E-state index in [-0.39, 0.29) is 35.5 Å². The Morgan fingerprint density at radius 2 is 1.97 bits per heavy atom. The van der Waals surface area contributed by atoms with Crippen molar-refractivity contribution < 1.29 is 32.6 Å². The van der Waals surface area contributed by atoms with Crippen molar-refractivity contribution in [3.05, 3.63) is 35.9 Å². The van der Waals surface area contributed by atoms with Gasteiger partial charge in [-0.1, -0.05) is 30.3 Å². The van der Waals surface area contributed by atoms with E-state index in [1.54, 1.807) is 31.2 Å². The normalized spacial score (nSPS) is 21.1. The Morgan fingerprint density at radius 1 is 1.28 bits per heavy atom. The predicted molar refractivity (Wildman–Crippen MR) is 108 cm³/mol. The summed E-state index contributed by atoms with van der Waals surface area (Å²) in [4.78, 5) is 35.2. The first-order chi connectivity index (χ1) is 13.6. The van der Waals surface area contributed by atoms with E-state index >= 15 is 0 Å². The Hall–Kier alpha value is -2.27. The van der Waals surface area contributed by atoms with Gasteiger partial charge in [-0.3, -0.25) is 4.79 Å². The molecule has 3 N–H and O–H groups in total. The Balaban J connectivity index is 1.73. The summed E-state index contributed by atoms with van der Waals surface area (Å²) in [7, 11) is -3.14. The highest BCUT2D eigenvalue weighted by molar-refractivity contribution is 8.00. The molecule has 160 valence electrons. The van der Waals surface area contributed by atoms with Crippen molar-refractivity contribution in [3.8, 4) is 0 Å². The Morgan fingerprint density at radius 3 is 2.55 bits per heavy atom. The van der Waals surface area contributed by atoms with Gasteiger partial charge in [0, 0.05) is 5.75 Å². The van der Waals surface area contributed by atoms with Crippen LogP contribution in [-0.2, 0) is 30.8 Å². The smallest absolute Gasteiger partial charge is 0.408 e. The fraction of sp³-hybridized carbons (Fsp3) is 0.500. The Labute approximate surface area is 173 Å². The van der Waals surface area contributed by atoms with Gasteiger partial charge in [-0.05, 0) is 18.9 Å². The van der Waals surface area contributed by atoms with Crippen LogP contribution >= 0.6 is 11.8 Å². The molecule has 1 saturated heterocycles. The number of hydrogen-bond acceptors (Lipinski definition) is 7. The number of nitrogens with one attached hydrogen (secondary N) is 2. The molecule has 0 aromatic heterocycles. The number of amides is 2. The number of benzene rings is 1. The molecule has 0 radical (unpaired) electrons. The van der Waals surface area contributed by atoms with Gasteiger partial charge in [0.05, 0.1) is 22.8 Å². The van der Waals surface area contributed by atoms with E-state index in [0.717, 1.165) is 17.3 Å². The summed E-state index contributed by atoms with van der Waals surface area (Å²) in [6.45, 7) is 1.68. The lowest BCUT2D eigenvalue weighted by Crippen LogP contribution is -2.48. The highest BCUT2D eigenvalue weighted by atomic mass is 32.2. The van der Waals surface area contributed by atoms with Gasteiger partial charge in [-0.15, -0.1) is 11.8 Å². The summed E-state index contributed by atoms with van der Waals surface area (Å²) >= 11 is 1.02. The van der Waals surface area contributed by atoms with Crippen LogP contribution in [0.15, 0.2) is 30.3 Å². The molecule has 1 aromatic carbocycles. The number of hydrogen-bond donors (Lipinski definition) is 3. The molecule has 2 amide bonds. The molecular weight excluding hydrogens is 420 g/mol. The molecule has 2 atom stereocenters. The van der Waals surface area contributed by atoms with Gasteiger partial charge < -0.3 is 20.5 Å².